The fraction of sp³-hybridized carbons (Fsp3) is 0.400. The summed E-state index contributed by atoms with van der Waals surface area (Å²) in [5.41, 5.74) is 1.000. The Morgan fingerprint density at radius 2 is 2.19 bits per heavy atom. The van der Waals surface area contributed by atoms with Crippen LogP contribution in [0.3, 0.4) is 0 Å². The van der Waals surface area contributed by atoms with Crippen LogP contribution >= 0.6 is 22.7 Å². The van der Waals surface area contributed by atoms with Gasteiger partial charge in [0.15, 0.2) is 0 Å². The first-order valence-electron chi connectivity index (χ1n) is 9.23. The van der Waals surface area contributed by atoms with Gasteiger partial charge in [0.2, 0.25) is 0 Å². The van der Waals surface area contributed by atoms with E-state index in [1.54, 1.807) is 11.3 Å². The maximum absolute atomic E-state index is 12.3. The molecule has 1 aliphatic heterocycles. The van der Waals surface area contributed by atoms with Gasteiger partial charge in [0.05, 0.1) is 32.7 Å². The van der Waals surface area contributed by atoms with Crippen molar-refractivity contribution in [2.45, 2.75) is 25.4 Å². The molecule has 0 spiro atoms. The maximum atomic E-state index is 12.3. The first-order chi connectivity index (χ1) is 13.3. The predicted octanol–water partition coefficient (Wildman–Crippen LogP) is 4.34. The number of nitrogens with zero attached hydrogens (tertiary/aromatic N) is 1. The fourth-order valence-electron chi connectivity index (χ4n) is 3.01. The molecular weight excluding hydrogens is 380 g/mol. The number of carbonyl (C=O) groups excluding carboxylic acids is 1. The van der Waals surface area contributed by atoms with Gasteiger partial charge in [0, 0.05) is 19.8 Å². The van der Waals surface area contributed by atoms with Crippen LogP contribution < -0.4 is 5.32 Å². The molecule has 1 amide bonds. The molecule has 1 unspecified atom stereocenters. The second-order valence-electron chi connectivity index (χ2n) is 6.47. The zero-order chi connectivity index (χ0) is 18.5. The van der Waals surface area contributed by atoms with Crippen molar-refractivity contribution in [1.29, 1.82) is 0 Å². The van der Waals surface area contributed by atoms with Crippen LogP contribution in [0.2, 0.25) is 0 Å². The Bertz CT molecular complexity index is 866. The van der Waals surface area contributed by atoms with E-state index < -0.39 is 0 Å². The van der Waals surface area contributed by atoms with E-state index in [9.17, 15) is 4.79 Å². The van der Waals surface area contributed by atoms with Crippen molar-refractivity contribution in [2.75, 3.05) is 26.4 Å². The normalized spacial score (nSPS) is 16.8. The van der Waals surface area contributed by atoms with E-state index in [1.807, 2.05) is 30.3 Å². The van der Waals surface area contributed by atoms with Crippen LogP contribution in [-0.4, -0.2) is 43.4 Å². The number of rotatable bonds is 8. The standard InChI is InChI=1S/C20H22N2O3S2/c23-19(21-10-4-11-24-13-14-5-3-12-25-14)17-8-9-18(26-17)20-22-15-6-1-2-7-16(15)27-20/h1-2,6-9,14H,3-5,10-13H2,(H,21,23). The third-order valence-corrected chi connectivity index (χ3v) is 6.70. The maximum Gasteiger partial charge on any atom is 0.261 e. The monoisotopic (exact) mass is 402 g/mol. The Balaban J connectivity index is 1.23. The SMILES string of the molecule is O=C(NCCCOCC1CCCO1)c1ccc(-c2nc3ccccc3s2)s1. The van der Waals surface area contributed by atoms with E-state index in [0.717, 1.165) is 46.0 Å². The van der Waals surface area contributed by atoms with E-state index in [1.165, 1.54) is 11.3 Å². The van der Waals surface area contributed by atoms with E-state index in [-0.39, 0.29) is 12.0 Å². The number of aromatic nitrogens is 1. The number of carbonyl (C=O) groups is 1. The van der Waals surface area contributed by atoms with Crippen LogP contribution in [0.1, 0.15) is 28.9 Å². The molecule has 1 aromatic carbocycles. The van der Waals surface area contributed by atoms with Crippen LogP contribution in [-0.2, 0) is 9.47 Å². The summed E-state index contributed by atoms with van der Waals surface area (Å²) in [6.45, 7) is 2.76. The third-order valence-electron chi connectivity index (χ3n) is 4.41. The van der Waals surface area contributed by atoms with E-state index >= 15 is 0 Å². The molecule has 4 rings (SSSR count). The summed E-state index contributed by atoms with van der Waals surface area (Å²) in [6.07, 6.45) is 3.27. The highest BCUT2D eigenvalue weighted by atomic mass is 32.1. The average Bonchev–Trinajstić information content (AvgIpc) is 3.44. The van der Waals surface area contributed by atoms with Crippen molar-refractivity contribution in [1.82, 2.24) is 10.3 Å². The molecule has 3 aromatic rings. The number of ether oxygens (including phenoxy) is 2. The van der Waals surface area contributed by atoms with Crippen LogP contribution in [0.5, 0.6) is 0 Å². The summed E-state index contributed by atoms with van der Waals surface area (Å²) in [5.74, 6) is -0.0357. The smallest absolute Gasteiger partial charge is 0.261 e. The average molecular weight is 403 g/mol. The van der Waals surface area contributed by atoms with E-state index in [0.29, 0.717) is 24.6 Å². The highest BCUT2D eigenvalue weighted by Crippen LogP contribution is 2.34. The number of thiazole rings is 1. The Kier molecular flexibility index (Phi) is 6.14. The minimum atomic E-state index is -0.0357. The van der Waals surface area contributed by atoms with Crippen LogP contribution in [0.4, 0.5) is 0 Å². The summed E-state index contributed by atoms with van der Waals surface area (Å²) in [7, 11) is 0. The number of nitrogens with one attached hydrogen (secondary N) is 1. The molecule has 1 saturated heterocycles. The van der Waals surface area contributed by atoms with Crippen molar-refractivity contribution in [3.8, 4) is 9.88 Å². The van der Waals surface area contributed by atoms with Crippen molar-refractivity contribution >= 4 is 38.8 Å². The quantitative estimate of drug-likeness (QED) is 0.570. The number of hydrogen-bond acceptors (Lipinski definition) is 6. The van der Waals surface area contributed by atoms with Gasteiger partial charge in [-0.2, -0.15) is 0 Å². The number of fused-ring (bicyclic) bond motifs is 1. The van der Waals surface area contributed by atoms with Gasteiger partial charge in [-0.1, -0.05) is 12.1 Å². The second kappa shape index (κ2) is 8.93. The molecule has 1 atom stereocenters. The molecule has 1 N–H and O–H groups in total. The number of thiophene rings is 1. The molecular formula is C20H22N2O3S2. The molecule has 0 aliphatic carbocycles. The van der Waals surface area contributed by atoms with Crippen molar-refractivity contribution in [3.63, 3.8) is 0 Å². The Morgan fingerprint density at radius 3 is 3.04 bits per heavy atom. The van der Waals surface area contributed by atoms with Gasteiger partial charge in [0.25, 0.3) is 5.91 Å². The first kappa shape index (κ1) is 18.6. The van der Waals surface area contributed by atoms with Crippen LogP contribution in [0.25, 0.3) is 20.1 Å². The lowest BCUT2D eigenvalue weighted by atomic mass is 10.2. The third kappa shape index (κ3) is 4.73. The number of para-hydroxylation sites is 1. The molecule has 5 nitrogen and oxygen atoms in total. The lowest BCUT2D eigenvalue weighted by Crippen LogP contribution is -2.25. The summed E-state index contributed by atoms with van der Waals surface area (Å²) < 4.78 is 12.3. The minimum Gasteiger partial charge on any atom is -0.379 e. The van der Waals surface area contributed by atoms with Crippen molar-refractivity contribution < 1.29 is 14.3 Å². The van der Waals surface area contributed by atoms with Gasteiger partial charge < -0.3 is 14.8 Å². The Hall–Kier alpha value is -1.80. The number of hydrogen-bond donors (Lipinski definition) is 1. The summed E-state index contributed by atoms with van der Waals surface area (Å²) in [4.78, 5) is 18.7. The highest BCUT2D eigenvalue weighted by molar-refractivity contribution is 7.26. The van der Waals surface area contributed by atoms with Gasteiger partial charge in [-0.15, -0.1) is 22.7 Å². The summed E-state index contributed by atoms with van der Waals surface area (Å²) in [5, 5.41) is 3.92. The van der Waals surface area contributed by atoms with Gasteiger partial charge in [-0.3, -0.25) is 4.79 Å². The molecule has 3 heterocycles. The Labute approximate surface area is 166 Å². The largest absolute Gasteiger partial charge is 0.379 e. The summed E-state index contributed by atoms with van der Waals surface area (Å²) >= 11 is 3.14. The van der Waals surface area contributed by atoms with Gasteiger partial charge >= 0.3 is 0 Å². The van der Waals surface area contributed by atoms with Gasteiger partial charge in [0.1, 0.15) is 5.01 Å². The molecule has 27 heavy (non-hydrogen) atoms. The highest BCUT2D eigenvalue weighted by Gasteiger charge is 2.15. The molecule has 0 saturated carbocycles. The topological polar surface area (TPSA) is 60.5 Å². The number of benzene rings is 1. The van der Waals surface area contributed by atoms with Crippen LogP contribution in [0, 0.1) is 0 Å². The first-order valence-corrected chi connectivity index (χ1v) is 10.9. The van der Waals surface area contributed by atoms with Gasteiger partial charge in [-0.25, -0.2) is 4.98 Å². The Morgan fingerprint density at radius 1 is 1.26 bits per heavy atom. The zero-order valence-corrected chi connectivity index (χ0v) is 16.6. The fourth-order valence-corrected chi connectivity index (χ4v) is 4.95. The van der Waals surface area contributed by atoms with Crippen LogP contribution in [0.15, 0.2) is 36.4 Å². The van der Waals surface area contributed by atoms with Crippen molar-refractivity contribution in [3.05, 3.63) is 41.3 Å². The zero-order valence-electron chi connectivity index (χ0n) is 15.0. The molecule has 0 bridgehead atoms. The molecule has 1 fully saturated rings. The predicted molar refractivity (Wildman–Crippen MR) is 110 cm³/mol. The molecule has 0 radical (unpaired) electrons. The molecule has 7 heteroatoms. The van der Waals surface area contributed by atoms with Gasteiger partial charge in [-0.05, 0) is 43.5 Å². The second-order valence-corrected chi connectivity index (χ2v) is 8.58. The molecule has 2 aromatic heterocycles. The summed E-state index contributed by atoms with van der Waals surface area (Å²) in [6, 6.07) is 11.9. The molecule has 1 aliphatic rings. The lowest BCUT2D eigenvalue weighted by Gasteiger charge is -2.10. The van der Waals surface area contributed by atoms with Crippen molar-refractivity contribution in [2.24, 2.45) is 0 Å². The minimum absolute atomic E-state index is 0.0357. The number of amides is 1. The van der Waals surface area contributed by atoms with E-state index in [4.69, 9.17) is 9.47 Å². The van der Waals surface area contributed by atoms with E-state index in [2.05, 4.69) is 16.4 Å². The molecule has 142 valence electrons. The lowest BCUT2D eigenvalue weighted by molar-refractivity contribution is 0.0166.